The summed E-state index contributed by atoms with van der Waals surface area (Å²) in [5.74, 6) is 0. The summed E-state index contributed by atoms with van der Waals surface area (Å²) in [4.78, 5) is 11.7. The molecule has 0 bridgehead atoms. The maximum absolute atomic E-state index is 12.9. The highest BCUT2D eigenvalue weighted by Crippen LogP contribution is 2.34. The van der Waals surface area contributed by atoms with Gasteiger partial charge in [-0.1, -0.05) is 12.1 Å². The Balaban J connectivity index is 2.94. The zero-order chi connectivity index (χ0) is 16.4. The number of benzene rings is 1. The third-order valence-electron chi connectivity index (χ3n) is 2.88. The van der Waals surface area contributed by atoms with Crippen LogP contribution in [0.4, 0.5) is 18.0 Å². The van der Waals surface area contributed by atoms with E-state index in [9.17, 15) is 18.0 Å². The predicted octanol–water partition coefficient (Wildman–Crippen LogP) is 4.60. The van der Waals surface area contributed by atoms with Crippen LogP contribution in [0.25, 0.3) is 0 Å². The van der Waals surface area contributed by atoms with Gasteiger partial charge in [0.2, 0.25) is 0 Å². The van der Waals surface area contributed by atoms with Crippen molar-refractivity contribution in [1.29, 1.82) is 0 Å². The number of nitrogens with one attached hydrogen (secondary N) is 1. The molecular formula is C15H20F3NO2. The number of carbonyl (C=O) groups excluding carboxylic acids is 1. The van der Waals surface area contributed by atoms with Crippen molar-refractivity contribution < 1.29 is 22.7 Å². The first-order valence-corrected chi connectivity index (χ1v) is 6.58. The number of ether oxygens (including phenoxy) is 1. The fourth-order valence-corrected chi connectivity index (χ4v) is 1.99. The number of amides is 1. The maximum Gasteiger partial charge on any atom is 0.416 e. The second-order valence-electron chi connectivity index (χ2n) is 5.89. The molecule has 1 N–H and O–H groups in total. The molecule has 0 aliphatic heterocycles. The smallest absolute Gasteiger partial charge is 0.416 e. The monoisotopic (exact) mass is 303 g/mol. The molecule has 1 aromatic rings. The van der Waals surface area contributed by atoms with E-state index in [4.69, 9.17) is 4.74 Å². The topological polar surface area (TPSA) is 38.3 Å². The van der Waals surface area contributed by atoms with E-state index >= 15 is 0 Å². The van der Waals surface area contributed by atoms with Crippen LogP contribution < -0.4 is 5.32 Å². The highest BCUT2D eigenvalue weighted by Gasteiger charge is 2.33. The van der Waals surface area contributed by atoms with Crippen molar-refractivity contribution in [2.75, 3.05) is 0 Å². The van der Waals surface area contributed by atoms with E-state index in [0.717, 1.165) is 6.07 Å². The first kappa shape index (κ1) is 17.3. The van der Waals surface area contributed by atoms with Gasteiger partial charge in [-0.05, 0) is 51.8 Å². The highest BCUT2D eigenvalue weighted by molar-refractivity contribution is 5.68. The Morgan fingerprint density at radius 3 is 2.29 bits per heavy atom. The molecule has 1 unspecified atom stereocenters. The van der Waals surface area contributed by atoms with E-state index in [0.29, 0.717) is 5.56 Å². The molecule has 1 atom stereocenters. The van der Waals surface area contributed by atoms with Gasteiger partial charge in [-0.25, -0.2) is 4.79 Å². The lowest BCUT2D eigenvalue weighted by Gasteiger charge is -2.23. The van der Waals surface area contributed by atoms with Crippen molar-refractivity contribution in [3.8, 4) is 0 Å². The summed E-state index contributed by atoms with van der Waals surface area (Å²) in [7, 11) is 0. The van der Waals surface area contributed by atoms with Gasteiger partial charge in [0.15, 0.2) is 0 Å². The van der Waals surface area contributed by atoms with Gasteiger partial charge >= 0.3 is 12.3 Å². The number of hydrogen-bond donors (Lipinski definition) is 1. The average Bonchev–Trinajstić information content (AvgIpc) is 2.24. The zero-order valence-electron chi connectivity index (χ0n) is 12.8. The third kappa shape index (κ3) is 4.95. The van der Waals surface area contributed by atoms with Gasteiger partial charge in [0.1, 0.15) is 5.60 Å². The quantitative estimate of drug-likeness (QED) is 0.867. The minimum Gasteiger partial charge on any atom is -0.444 e. The molecule has 3 nitrogen and oxygen atoms in total. The molecule has 0 saturated carbocycles. The Morgan fingerprint density at radius 2 is 1.81 bits per heavy atom. The molecule has 0 fully saturated rings. The van der Waals surface area contributed by atoms with Gasteiger partial charge in [-0.2, -0.15) is 13.2 Å². The fourth-order valence-electron chi connectivity index (χ4n) is 1.99. The maximum atomic E-state index is 12.9. The molecule has 0 aromatic heterocycles. The predicted molar refractivity (Wildman–Crippen MR) is 74.0 cm³/mol. The molecule has 0 aliphatic rings. The van der Waals surface area contributed by atoms with Crippen LogP contribution in [-0.4, -0.2) is 11.7 Å². The van der Waals surface area contributed by atoms with Crippen LogP contribution in [0.2, 0.25) is 0 Å². The number of hydrogen-bond acceptors (Lipinski definition) is 2. The van der Waals surface area contributed by atoms with Crippen molar-refractivity contribution in [2.45, 2.75) is 52.4 Å². The van der Waals surface area contributed by atoms with Crippen LogP contribution >= 0.6 is 0 Å². The van der Waals surface area contributed by atoms with Crippen molar-refractivity contribution >= 4 is 6.09 Å². The Labute approximate surface area is 122 Å². The summed E-state index contributed by atoms with van der Waals surface area (Å²) in [5, 5.41) is 2.54. The van der Waals surface area contributed by atoms with Gasteiger partial charge in [-0.3, -0.25) is 0 Å². The molecule has 1 rings (SSSR count). The standard InChI is InChI=1S/C15H20F3NO2/c1-9-11(7-6-8-12(9)15(16,17)18)10(2)19-13(20)21-14(3,4)5/h6-8,10H,1-5H3,(H,19,20). The first-order chi connectivity index (χ1) is 9.42. The van der Waals surface area contributed by atoms with Gasteiger partial charge in [0.25, 0.3) is 0 Å². The molecule has 0 saturated heterocycles. The normalized spacial score (nSPS) is 13.7. The number of rotatable bonds is 2. The number of carbonyl (C=O) groups is 1. The van der Waals surface area contributed by atoms with Crippen LogP contribution in [0.3, 0.4) is 0 Å². The number of halogens is 3. The molecule has 0 heterocycles. The molecule has 1 amide bonds. The van der Waals surface area contributed by atoms with Gasteiger partial charge in [0, 0.05) is 0 Å². The lowest BCUT2D eigenvalue weighted by atomic mass is 9.97. The summed E-state index contributed by atoms with van der Waals surface area (Å²) >= 11 is 0. The Kier molecular flexibility index (Phi) is 4.91. The largest absolute Gasteiger partial charge is 0.444 e. The molecule has 6 heteroatoms. The average molecular weight is 303 g/mol. The molecule has 0 aliphatic carbocycles. The zero-order valence-corrected chi connectivity index (χ0v) is 12.8. The molecule has 21 heavy (non-hydrogen) atoms. The lowest BCUT2D eigenvalue weighted by molar-refractivity contribution is -0.138. The molecular weight excluding hydrogens is 283 g/mol. The molecule has 0 radical (unpaired) electrons. The minimum absolute atomic E-state index is 0.105. The van der Waals surface area contributed by atoms with Crippen LogP contribution in [0, 0.1) is 6.92 Å². The summed E-state index contributed by atoms with van der Waals surface area (Å²) in [6, 6.07) is 3.34. The van der Waals surface area contributed by atoms with Crippen LogP contribution in [0.5, 0.6) is 0 Å². The lowest BCUT2D eigenvalue weighted by Crippen LogP contribution is -2.34. The van der Waals surface area contributed by atoms with E-state index in [2.05, 4.69) is 5.32 Å². The van der Waals surface area contributed by atoms with E-state index in [1.165, 1.54) is 13.0 Å². The van der Waals surface area contributed by atoms with E-state index in [1.807, 2.05) is 0 Å². The molecule has 0 spiro atoms. The van der Waals surface area contributed by atoms with Gasteiger partial charge in [-0.15, -0.1) is 0 Å². The molecule has 118 valence electrons. The summed E-state index contributed by atoms with van der Waals surface area (Å²) in [5.41, 5.74) is -0.839. The third-order valence-corrected chi connectivity index (χ3v) is 2.88. The Morgan fingerprint density at radius 1 is 1.24 bits per heavy atom. The fraction of sp³-hybridized carbons (Fsp3) is 0.533. The van der Waals surface area contributed by atoms with Gasteiger partial charge < -0.3 is 10.1 Å². The van der Waals surface area contributed by atoms with Crippen molar-refractivity contribution in [3.63, 3.8) is 0 Å². The van der Waals surface area contributed by atoms with Crippen LogP contribution in [0.15, 0.2) is 18.2 Å². The number of alkyl carbamates (subject to hydrolysis) is 1. The minimum atomic E-state index is -4.41. The molecule has 1 aromatic carbocycles. The Hall–Kier alpha value is -1.72. The second-order valence-corrected chi connectivity index (χ2v) is 5.89. The van der Waals surface area contributed by atoms with Crippen molar-refractivity contribution in [2.24, 2.45) is 0 Å². The van der Waals surface area contributed by atoms with E-state index in [1.54, 1.807) is 33.8 Å². The van der Waals surface area contributed by atoms with Crippen LogP contribution in [0.1, 0.15) is 50.4 Å². The van der Waals surface area contributed by atoms with Crippen molar-refractivity contribution in [1.82, 2.24) is 5.32 Å². The summed E-state index contributed by atoms with van der Waals surface area (Å²) in [6.07, 6.45) is -5.07. The number of alkyl halides is 3. The van der Waals surface area contributed by atoms with E-state index in [-0.39, 0.29) is 5.56 Å². The van der Waals surface area contributed by atoms with Gasteiger partial charge in [0.05, 0.1) is 11.6 Å². The SMILES string of the molecule is Cc1c(C(C)NC(=O)OC(C)(C)C)cccc1C(F)(F)F. The van der Waals surface area contributed by atoms with Crippen LogP contribution in [-0.2, 0) is 10.9 Å². The first-order valence-electron chi connectivity index (χ1n) is 6.58. The van der Waals surface area contributed by atoms with E-state index < -0.39 is 29.5 Å². The summed E-state index contributed by atoms with van der Waals surface area (Å²) in [6.45, 7) is 8.16. The van der Waals surface area contributed by atoms with Crippen molar-refractivity contribution in [3.05, 3.63) is 34.9 Å². The summed E-state index contributed by atoms with van der Waals surface area (Å²) < 4.78 is 43.7. The highest BCUT2D eigenvalue weighted by atomic mass is 19.4. The Bertz CT molecular complexity index is 519. The second kappa shape index (κ2) is 5.95.